The first-order valence-electron chi connectivity index (χ1n) is 9.49. The molecule has 0 bridgehead atoms. The SMILES string of the molecule is Cn1c(=O)cc(N2CCN(C(=O)Cc3ccccc3F)CC2)c2cc(Cl)ccc21. The van der Waals surface area contributed by atoms with Gasteiger partial charge in [0.1, 0.15) is 5.82 Å². The van der Waals surface area contributed by atoms with Gasteiger partial charge >= 0.3 is 0 Å². The van der Waals surface area contributed by atoms with E-state index in [1.54, 1.807) is 46.8 Å². The lowest BCUT2D eigenvalue weighted by molar-refractivity contribution is -0.130. The number of nitrogens with zero attached hydrogens (tertiary/aromatic N) is 3. The smallest absolute Gasteiger partial charge is 0.252 e. The first kappa shape index (κ1) is 19.5. The van der Waals surface area contributed by atoms with E-state index in [0.29, 0.717) is 36.8 Å². The Morgan fingerprint density at radius 3 is 2.52 bits per heavy atom. The third-order valence-corrected chi connectivity index (χ3v) is 5.69. The molecule has 0 radical (unpaired) electrons. The van der Waals surface area contributed by atoms with E-state index >= 15 is 0 Å². The van der Waals surface area contributed by atoms with Crippen molar-refractivity contribution in [3.8, 4) is 0 Å². The van der Waals surface area contributed by atoms with Gasteiger partial charge in [-0.15, -0.1) is 0 Å². The van der Waals surface area contributed by atoms with Crippen LogP contribution >= 0.6 is 11.6 Å². The van der Waals surface area contributed by atoms with Crippen LogP contribution in [-0.4, -0.2) is 41.6 Å². The van der Waals surface area contributed by atoms with Gasteiger partial charge in [0.2, 0.25) is 5.91 Å². The number of hydrogen-bond acceptors (Lipinski definition) is 3. The summed E-state index contributed by atoms with van der Waals surface area (Å²) in [5, 5.41) is 1.52. The quantitative estimate of drug-likeness (QED) is 0.662. The second-order valence-corrected chi connectivity index (χ2v) is 7.66. The summed E-state index contributed by atoms with van der Waals surface area (Å²) in [6.07, 6.45) is 0.0527. The van der Waals surface area contributed by atoms with Gasteiger partial charge in [-0.1, -0.05) is 29.8 Å². The Morgan fingerprint density at radius 2 is 1.79 bits per heavy atom. The van der Waals surface area contributed by atoms with E-state index in [4.69, 9.17) is 11.6 Å². The van der Waals surface area contributed by atoms with E-state index in [1.165, 1.54) is 6.07 Å². The lowest BCUT2D eigenvalue weighted by Crippen LogP contribution is -2.49. The molecule has 1 fully saturated rings. The van der Waals surface area contributed by atoms with Crippen LogP contribution in [0.5, 0.6) is 0 Å². The van der Waals surface area contributed by atoms with E-state index in [1.807, 2.05) is 12.1 Å². The van der Waals surface area contributed by atoms with Gasteiger partial charge in [-0.2, -0.15) is 0 Å². The van der Waals surface area contributed by atoms with Crippen molar-refractivity contribution in [2.75, 3.05) is 31.1 Å². The zero-order valence-corrected chi connectivity index (χ0v) is 16.8. The number of benzene rings is 2. The summed E-state index contributed by atoms with van der Waals surface area (Å²) in [7, 11) is 1.74. The first-order valence-corrected chi connectivity index (χ1v) is 9.87. The largest absolute Gasteiger partial charge is 0.367 e. The fourth-order valence-corrected chi connectivity index (χ4v) is 3.96. The third kappa shape index (κ3) is 3.85. The summed E-state index contributed by atoms with van der Waals surface area (Å²) in [5.74, 6) is -0.449. The molecule has 0 aliphatic carbocycles. The van der Waals surface area contributed by atoms with Gasteiger partial charge < -0.3 is 14.4 Å². The second-order valence-electron chi connectivity index (χ2n) is 7.22. The van der Waals surface area contributed by atoms with E-state index in [0.717, 1.165) is 16.6 Å². The Bertz CT molecular complexity index is 1140. The molecule has 0 atom stereocenters. The minimum Gasteiger partial charge on any atom is -0.367 e. The summed E-state index contributed by atoms with van der Waals surface area (Å²) >= 11 is 6.19. The maximum atomic E-state index is 13.8. The molecule has 1 aromatic heterocycles. The van der Waals surface area contributed by atoms with E-state index in [2.05, 4.69) is 4.90 Å². The first-order chi connectivity index (χ1) is 13.9. The summed E-state index contributed by atoms with van der Waals surface area (Å²) in [6, 6.07) is 13.4. The van der Waals surface area contributed by atoms with Gasteiger partial charge in [0.15, 0.2) is 0 Å². The molecule has 0 spiro atoms. The van der Waals surface area contributed by atoms with Crippen LogP contribution in [0.3, 0.4) is 0 Å². The second kappa shape index (κ2) is 7.87. The van der Waals surface area contributed by atoms with Gasteiger partial charge in [-0.05, 0) is 29.8 Å². The van der Waals surface area contributed by atoms with Gasteiger partial charge in [-0.25, -0.2) is 4.39 Å². The molecule has 0 saturated carbocycles. The highest BCUT2D eigenvalue weighted by Gasteiger charge is 2.23. The maximum Gasteiger partial charge on any atom is 0.252 e. The van der Waals surface area contributed by atoms with Crippen LogP contribution in [0.1, 0.15) is 5.56 Å². The summed E-state index contributed by atoms with van der Waals surface area (Å²) in [4.78, 5) is 28.8. The molecule has 3 aromatic rings. The molecule has 4 rings (SSSR count). The maximum absolute atomic E-state index is 13.8. The standard InChI is InChI=1S/C22H21ClFN3O2/c1-25-19-7-6-16(23)13-17(19)20(14-21(25)28)26-8-10-27(11-9-26)22(29)12-15-4-2-3-5-18(15)24/h2-7,13-14H,8-12H2,1H3. The van der Waals surface area contributed by atoms with Crippen LogP contribution in [-0.2, 0) is 18.3 Å². The Kier molecular flexibility index (Phi) is 5.28. The van der Waals surface area contributed by atoms with Gasteiger partial charge in [0, 0.05) is 49.7 Å². The van der Waals surface area contributed by atoms with Crippen molar-refractivity contribution < 1.29 is 9.18 Å². The molecule has 0 unspecified atom stereocenters. The topological polar surface area (TPSA) is 45.6 Å². The lowest BCUT2D eigenvalue weighted by Gasteiger charge is -2.36. The fraction of sp³-hybridized carbons (Fsp3) is 0.273. The van der Waals surface area contributed by atoms with E-state index in [9.17, 15) is 14.0 Å². The van der Waals surface area contributed by atoms with Gasteiger partial charge in [0.05, 0.1) is 17.6 Å². The number of carbonyl (C=O) groups is 1. The predicted molar refractivity (Wildman–Crippen MR) is 113 cm³/mol. The van der Waals surface area contributed by atoms with Crippen molar-refractivity contribution >= 4 is 34.1 Å². The number of aromatic nitrogens is 1. The monoisotopic (exact) mass is 413 g/mol. The molecular formula is C22H21ClFN3O2. The molecule has 2 aromatic carbocycles. The summed E-state index contributed by atoms with van der Waals surface area (Å²) < 4.78 is 15.4. The Labute approximate surface area is 172 Å². The van der Waals surface area contributed by atoms with Gasteiger partial charge in [-0.3, -0.25) is 9.59 Å². The Morgan fingerprint density at radius 1 is 1.07 bits per heavy atom. The number of rotatable bonds is 3. The van der Waals surface area contributed by atoms with Crippen LogP contribution in [0, 0.1) is 5.82 Å². The average molecular weight is 414 g/mol. The molecule has 1 aliphatic heterocycles. The highest BCUT2D eigenvalue weighted by Crippen LogP contribution is 2.28. The number of carbonyl (C=O) groups excluding carboxylic acids is 1. The molecule has 1 amide bonds. The van der Waals surface area contributed by atoms with Crippen molar-refractivity contribution in [1.82, 2.24) is 9.47 Å². The van der Waals surface area contributed by atoms with Crippen LogP contribution in [0.4, 0.5) is 10.1 Å². The van der Waals surface area contributed by atoms with Crippen molar-refractivity contribution in [2.24, 2.45) is 7.05 Å². The zero-order chi connectivity index (χ0) is 20.5. The molecule has 5 nitrogen and oxygen atoms in total. The van der Waals surface area contributed by atoms with Crippen molar-refractivity contribution in [1.29, 1.82) is 0 Å². The average Bonchev–Trinajstić information content (AvgIpc) is 2.72. The van der Waals surface area contributed by atoms with Crippen molar-refractivity contribution in [2.45, 2.75) is 6.42 Å². The number of hydrogen-bond donors (Lipinski definition) is 0. The lowest BCUT2D eigenvalue weighted by atomic mass is 10.1. The summed E-state index contributed by atoms with van der Waals surface area (Å²) in [5.41, 5.74) is 1.96. The van der Waals surface area contributed by atoms with Crippen LogP contribution in [0.15, 0.2) is 53.3 Å². The van der Waals surface area contributed by atoms with Crippen LogP contribution in [0.25, 0.3) is 10.9 Å². The molecule has 150 valence electrons. The number of fused-ring (bicyclic) bond motifs is 1. The highest BCUT2D eigenvalue weighted by molar-refractivity contribution is 6.31. The van der Waals surface area contributed by atoms with Crippen LogP contribution < -0.4 is 10.5 Å². The zero-order valence-electron chi connectivity index (χ0n) is 16.1. The minimum absolute atomic E-state index is 0.0527. The number of anilines is 1. The number of amides is 1. The van der Waals surface area contributed by atoms with Crippen LogP contribution in [0.2, 0.25) is 5.02 Å². The molecule has 7 heteroatoms. The van der Waals surface area contributed by atoms with E-state index in [-0.39, 0.29) is 23.7 Å². The normalized spacial score (nSPS) is 14.4. The Hall–Kier alpha value is -2.86. The number of pyridine rings is 1. The number of halogens is 2. The van der Waals surface area contributed by atoms with E-state index < -0.39 is 0 Å². The van der Waals surface area contributed by atoms with Gasteiger partial charge in [0.25, 0.3) is 5.56 Å². The number of aryl methyl sites for hydroxylation is 1. The highest BCUT2D eigenvalue weighted by atomic mass is 35.5. The molecule has 1 saturated heterocycles. The van der Waals surface area contributed by atoms with Crippen molar-refractivity contribution in [3.63, 3.8) is 0 Å². The molecular weight excluding hydrogens is 393 g/mol. The summed E-state index contributed by atoms with van der Waals surface area (Å²) in [6.45, 7) is 2.23. The molecule has 0 N–H and O–H groups in total. The Balaban J connectivity index is 1.52. The minimum atomic E-state index is -0.358. The number of piperazine rings is 1. The molecule has 29 heavy (non-hydrogen) atoms. The fourth-order valence-electron chi connectivity index (χ4n) is 3.79. The predicted octanol–water partition coefficient (Wildman–Crippen LogP) is 3.22. The van der Waals surface area contributed by atoms with Crippen molar-refractivity contribution in [3.05, 3.63) is 75.3 Å². The molecule has 2 heterocycles. The third-order valence-electron chi connectivity index (χ3n) is 5.46. The molecule has 1 aliphatic rings.